The van der Waals surface area contributed by atoms with Crippen LogP contribution in [0.1, 0.15) is 43.0 Å². The number of benzene rings is 2. The van der Waals surface area contributed by atoms with Gasteiger partial charge in [-0.1, -0.05) is 50.6 Å². The van der Waals surface area contributed by atoms with Crippen LogP contribution in [0.4, 0.5) is 0 Å². The lowest BCUT2D eigenvalue weighted by molar-refractivity contribution is -0.598. The van der Waals surface area contributed by atoms with Gasteiger partial charge in [-0.05, 0) is 43.9 Å². The third kappa shape index (κ3) is 3.63. The lowest BCUT2D eigenvalue weighted by atomic mass is 9.87. The van der Waals surface area contributed by atoms with E-state index in [-0.39, 0.29) is 26.6 Å². The third-order valence-corrected chi connectivity index (χ3v) is 7.08. The van der Waals surface area contributed by atoms with Crippen molar-refractivity contribution in [1.29, 1.82) is 0 Å². The zero-order valence-corrected chi connectivity index (χ0v) is 15.5. The molecular formula is C19H24I+. The molecule has 0 unspecified atom stereocenters. The maximum absolute atomic E-state index is 2.33. The molecule has 0 nitrogen and oxygen atoms in total. The molecule has 106 valence electrons. The Morgan fingerprint density at radius 2 is 1.30 bits per heavy atom. The fourth-order valence-corrected chi connectivity index (χ4v) is 4.94. The molecule has 0 N–H and O–H groups in total. The van der Waals surface area contributed by atoms with E-state index in [0.29, 0.717) is 0 Å². The van der Waals surface area contributed by atoms with E-state index >= 15 is 0 Å². The summed E-state index contributed by atoms with van der Waals surface area (Å²) >= 11 is -0.0770. The van der Waals surface area contributed by atoms with Crippen molar-refractivity contribution < 1.29 is 21.2 Å². The van der Waals surface area contributed by atoms with Crippen LogP contribution in [0.5, 0.6) is 0 Å². The van der Waals surface area contributed by atoms with Crippen molar-refractivity contribution in [3.05, 3.63) is 65.8 Å². The normalized spacial score (nSPS) is 11.7. The van der Waals surface area contributed by atoms with Gasteiger partial charge >= 0.3 is 21.2 Å². The van der Waals surface area contributed by atoms with Crippen LogP contribution < -0.4 is 21.2 Å². The highest BCUT2D eigenvalue weighted by Crippen LogP contribution is 2.20. The first-order chi connectivity index (χ1) is 9.27. The van der Waals surface area contributed by atoms with Crippen molar-refractivity contribution in [2.45, 2.75) is 47.0 Å². The molecule has 0 aromatic heterocycles. The van der Waals surface area contributed by atoms with Gasteiger partial charge < -0.3 is 0 Å². The number of halogens is 1. The Labute approximate surface area is 133 Å². The molecule has 0 aliphatic carbocycles. The third-order valence-electron chi connectivity index (χ3n) is 3.49. The van der Waals surface area contributed by atoms with E-state index in [0.717, 1.165) is 0 Å². The van der Waals surface area contributed by atoms with Gasteiger partial charge in [-0.2, -0.15) is 0 Å². The highest BCUT2D eigenvalue weighted by atomic mass is 127. The predicted octanol–water partition coefficient (Wildman–Crippen LogP) is 2.04. The quantitative estimate of drug-likeness (QED) is 0.701. The lowest BCUT2D eigenvalue weighted by Crippen LogP contribution is -3.62. The zero-order chi connectivity index (χ0) is 14.9. The van der Waals surface area contributed by atoms with Crippen LogP contribution in [0, 0.1) is 27.9 Å². The average molecular weight is 379 g/mol. The topological polar surface area (TPSA) is 0 Å². The van der Waals surface area contributed by atoms with Crippen LogP contribution in [0.15, 0.2) is 36.4 Å². The van der Waals surface area contributed by atoms with Crippen LogP contribution in [-0.2, 0) is 5.41 Å². The zero-order valence-electron chi connectivity index (χ0n) is 13.3. The Balaban J connectivity index is 2.27. The summed E-state index contributed by atoms with van der Waals surface area (Å²) in [5.41, 5.74) is 5.94. The molecule has 1 heteroatoms. The van der Waals surface area contributed by atoms with Crippen LogP contribution >= 0.6 is 0 Å². The van der Waals surface area contributed by atoms with Crippen molar-refractivity contribution in [1.82, 2.24) is 0 Å². The van der Waals surface area contributed by atoms with Gasteiger partial charge in [0, 0.05) is 11.1 Å². The highest BCUT2D eigenvalue weighted by Gasteiger charge is 2.22. The Bertz CT molecular complexity index is 578. The van der Waals surface area contributed by atoms with Crippen LogP contribution in [0.2, 0.25) is 0 Å². The fraction of sp³-hybridized carbons (Fsp3) is 0.368. The van der Waals surface area contributed by atoms with Gasteiger partial charge in [-0.3, -0.25) is 0 Å². The van der Waals surface area contributed by atoms with Crippen molar-refractivity contribution in [2.24, 2.45) is 0 Å². The van der Waals surface area contributed by atoms with Gasteiger partial charge in [-0.25, -0.2) is 0 Å². The summed E-state index contributed by atoms with van der Waals surface area (Å²) in [6, 6.07) is 13.9. The van der Waals surface area contributed by atoms with Gasteiger partial charge in [0.1, 0.15) is 0 Å². The first-order valence-corrected chi connectivity index (χ1v) is 9.26. The Morgan fingerprint density at radius 1 is 0.800 bits per heavy atom. The number of hydrogen-bond acceptors (Lipinski definition) is 0. The minimum Gasteiger partial charge on any atom is -0.0561 e. The molecule has 0 saturated heterocycles. The van der Waals surface area contributed by atoms with Crippen LogP contribution in [0.25, 0.3) is 0 Å². The van der Waals surface area contributed by atoms with Crippen molar-refractivity contribution >= 4 is 0 Å². The van der Waals surface area contributed by atoms with Gasteiger partial charge in [0.25, 0.3) is 0 Å². The lowest BCUT2D eigenvalue weighted by Gasteiger charge is -2.18. The molecule has 0 saturated carbocycles. The standard InChI is InChI=1S/C19H24I/c1-13-11-14(2)18(15(3)12-13)20-17-9-7-16(8-10-17)19(4,5)6/h7-12H,1-6H3/q+1. The summed E-state index contributed by atoms with van der Waals surface area (Å²) in [5, 5.41) is 0. The number of aryl methyl sites for hydroxylation is 3. The minimum atomic E-state index is -0.0770. The number of hydrogen-bond donors (Lipinski definition) is 0. The Kier molecular flexibility index (Phi) is 4.58. The monoisotopic (exact) mass is 379 g/mol. The molecule has 0 atom stereocenters. The minimum absolute atomic E-state index is 0.0770. The van der Waals surface area contributed by atoms with Crippen molar-refractivity contribution in [2.75, 3.05) is 0 Å². The fourth-order valence-electron chi connectivity index (χ4n) is 2.43. The van der Waals surface area contributed by atoms with E-state index in [1.54, 1.807) is 3.57 Å². The summed E-state index contributed by atoms with van der Waals surface area (Å²) < 4.78 is 3.09. The Hall–Kier alpha value is -0.830. The van der Waals surface area contributed by atoms with Crippen molar-refractivity contribution in [3.63, 3.8) is 0 Å². The molecule has 20 heavy (non-hydrogen) atoms. The molecule has 0 amide bonds. The molecule has 0 heterocycles. The second-order valence-electron chi connectivity index (χ2n) is 6.56. The molecule has 0 aliphatic rings. The van der Waals surface area contributed by atoms with E-state index in [1.165, 1.54) is 25.8 Å². The predicted molar refractivity (Wildman–Crippen MR) is 83.2 cm³/mol. The molecule has 0 spiro atoms. The second kappa shape index (κ2) is 5.88. The highest BCUT2D eigenvalue weighted by molar-refractivity contribution is 5.27. The first-order valence-electron chi connectivity index (χ1n) is 7.10. The summed E-state index contributed by atoms with van der Waals surface area (Å²) in [7, 11) is 0. The molecule has 0 bridgehead atoms. The summed E-state index contributed by atoms with van der Waals surface area (Å²) in [5.74, 6) is 0. The van der Waals surface area contributed by atoms with E-state index in [4.69, 9.17) is 0 Å². The average Bonchev–Trinajstić information content (AvgIpc) is 2.33. The largest absolute Gasteiger partial charge is 0.358 e. The van der Waals surface area contributed by atoms with E-state index in [9.17, 15) is 0 Å². The summed E-state index contributed by atoms with van der Waals surface area (Å²) in [4.78, 5) is 0. The van der Waals surface area contributed by atoms with Gasteiger partial charge in [0.2, 0.25) is 0 Å². The Morgan fingerprint density at radius 3 is 1.75 bits per heavy atom. The van der Waals surface area contributed by atoms with E-state index < -0.39 is 0 Å². The van der Waals surface area contributed by atoms with Gasteiger partial charge in [-0.15, -0.1) is 0 Å². The maximum atomic E-state index is 2.33. The van der Waals surface area contributed by atoms with Crippen LogP contribution in [0.3, 0.4) is 0 Å². The van der Waals surface area contributed by atoms with Crippen LogP contribution in [-0.4, -0.2) is 0 Å². The molecule has 0 radical (unpaired) electrons. The first kappa shape index (κ1) is 15.6. The van der Waals surface area contributed by atoms with E-state index in [2.05, 4.69) is 77.9 Å². The molecule has 2 aromatic rings. The smallest absolute Gasteiger partial charge is 0.0561 e. The summed E-state index contributed by atoms with van der Waals surface area (Å²) in [6.07, 6.45) is 0. The number of rotatable bonds is 2. The SMILES string of the molecule is Cc1cc(C)c([I+]c2ccc(C(C)(C)C)cc2)c(C)c1. The summed E-state index contributed by atoms with van der Waals surface area (Å²) in [6.45, 7) is 13.5. The molecule has 0 fully saturated rings. The van der Waals surface area contributed by atoms with E-state index in [1.807, 2.05) is 0 Å². The van der Waals surface area contributed by atoms with Gasteiger partial charge in [0.05, 0.1) is 0 Å². The molecular weight excluding hydrogens is 355 g/mol. The maximum Gasteiger partial charge on any atom is 0.358 e. The van der Waals surface area contributed by atoms with Crippen molar-refractivity contribution in [3.8, 4) is 0 Å². The molecule has 2 aromatic carbocycles. The molecule has 2 rings (SSSR count). The second-order valence-corrected chi connectivity index (χ2v) is 9.43. The molecule has 0 aliphatic heterocycles. The van der Waals surface area contributed by atoms with Gasteiger partial charge in [0.15, 0.2) is 7.14 Å².